The SMILES string of the molecule is Cc1ccc(OCC(OCc2ccccc2)OCc2ccccc2)cc1. The van der Waals surface area contributed by atoms with Crippen molar-refractivity contribution < 1.29 is 14.2 Å². The molecule has 134 valence electrons. The molecule has 3 heteroatoms. The molecule has 0 N–H and O–H groups in total. The van der Waals surface area contributed by atoms with Crippen LogP contribution >= 0.6 is 0 Å². The Bertz CT molecular complexity index is 711. The molecule has 3 rings (SSSR count). The van der Waals surface area contributed by atoms with Crippen LogP contribution in [0.1, 0.15) is 16.7 Å². The van der Waals surface area contributed by atoms with Crippen molar-refractivity contribution in [3.8, 4) is 5.75 Å². The Kier molecular flexibility index (Phi) is 6.82. The first-order valence-electron chi connectivity index (χ1n) is 8.80. The maximum Gasteiger partial charge on any atom is 0.192 e. The first-order valence-corrected chi connectivity index (χ1v) is 8.80. The second-order valence-corrected chi connectivity index (χ2v) is 6.15. The molecular weight excluding hydrogens is 324 g/mol. The zero-order valence-electron chi connectivity index (χ0n) is 15.0. The lowest BCUT2D eigenvalue weighted by atomic mass is 10.2. The minimum atomic E-state index is -0.447. The monoisotopic (exact) mass is 348 g/mol. The van der Waals surface area contributed by atoms with Crippen LogP contribution in [-0.4, -0.2) is 12.9 Å². The van der Waals surface area contributed by atoms with Gasteiger partial charge in [0.15, 0.2) is 6.29 Å². The van der Waals surface area contributed by atoms with Gasteiger partial charge in [-0.1, -0.05) is 78.4 Å². The van der Waals surface area contributed by atoms with E-state index in [2.05, 4.69) is 6.92 Å². The van der Waals surface area contributed by atoms with Gasteiger partial charge in [0.1, 0.15) is 12.4 Å². The second-order valence-electron chi connectivity index (χ2n) is 6.15. The van der Waals surface area contributed by atoms with Gasteiger partial charge in [0.05, 0.1) is 13.2 Å². The summed E-state index contributed by atoms with van der Waals surface area (Å²) in [5, 5.41) is 0. The van der Waals surface area contributed by atoms with Crippen LogP contribution in [0.3, 0.4) is 0 Å². The molecule has 0 aliphatic carbocycles. The van der Waals surface area contributed by atoms with Gasteiger partial charge in [-0.3, -0.25) is 0 Å². The fraction of sp³-hybridized carbons (Fsp3) is 0.217. The van der Waals surface area contributed by atoms with Crippen molar-refractivity contribution in [2.24, 2.45) is 0 Å². The molecule has 0 aliphatic rings. The fourth-order valence-corrected chi connectivity index (χ4v) is 2.47. The van der Waals surface area contributed by atoms with Gasteiger partial charge in [-0.2, -0.15) is 0 Å². The molecule has 0 radical (unpaired) electrons. The van der Waals surface area contributed by atoms with E-state index >= 15 is 0 Å². The van der Waals surface area contributed by atoms with Crippen LogP contribution in [0.2, 0.25) is 0 Å². The van der Waals surface area contributed by atoms with Crippen LogP contribution < -0.4 is 4.74 Å². The largest absolute Gasteiger partial charge is 0.488 e. The highest BCUT2D eigenvalue weighted by Crippen LogP contribution is 2.14. The molecule has 0 amide bonds. The molecule has 0 saturated heterocycles. The summed E-state index contributed by atoms with van der Waals surface area (Å²) in [6.45, 7) is 3.36. The van der Waals surface area contributed by atoms with E-state index in [4.69, 9.17) is 14.2 Å². The van der Waals surface area contributed by atoms with Crippen LogP contribution in [0.15, 0.2) is 84.9 Å². The van der Waals surface area contributed by atoms with Gasteiger partial charge in [0.2, 0.25) is 0 Å². The zero-order valence-corrected chi connectivity index (χ0v) is 15.0. The van der Waals surface area contributed by atoms with Crippen LogP contribution in [0, 0.1) is 6.92 Å². The quantitative estimate of drug-likeness (QED) is 0.502. The molecule has 3 nitrogen and oxygen atoms in total. The Morgan fingerprint density at radius 1 is 0.654 bits per heavy atom. The molecular formula is C23H24O3. The lowest BCUT2D eigenvalue weighted by Crippen LogP contribution is -2.25. The number of hydrogen-bond acceptors (Lipinski definition) is 3. The Morgan fingerprint density at radius 3 is 1.65 bits per heavy atom. The van der Waals surface area contributed by atoms with E-state index in [1.54, 1.807) is 0 Å². The number of aryl methyl sites for hydroxylation is 1. The fourth-order valence-electron chi connectivity index (χ4n) is 2.47. The molecule has 0 saturated carbocycles. The summed E-state index contributed by atoms with van der Waals surface area (Å²) >= 11 is 0. The maximum atomic E-state index is 5.95. The summed E-state index contributed by atoms with van der Waals surface area (Å²) in [5.74, 6) is 0.812. The van der Waals surface area contributed by atoms with E-state index in [0.29, 0.717) is 19.8 Å². The van der Waals surface area contributed by atoms with E-state index in [0.717, 1.165) is 16.9 Å². The normalized spacial score (nSPS) is 10.8. The summed E-state index contributed by atoms with van der Waals surface area (Å²) < 4.78 is 17.7. The van der Waals surface area contributed by atoms with E-state index in [1.807, 2.05) is 84.9 Å². The maximum absolute atomic E-state index is 5.95. The van der Waals surface area contributed by atoms with Crippen LogP contribution in [0.4, 0.5) is 0 Å². The van der Waals surface area contributed by atoms with Gasteiger partial charge >= 0.3 is 0 Å². The van der Waals surface area contributed by atoms with Gasteiger partial charge < -0.3 is 14.2 Å². The molecule has 0 spiro atoms. The highest BCUT2D eigenvalue weighted by atomic mass is 16.7. The van der Waals surface area contributed by atoms with Crippen molar-refractivity contribution in [1.29, 1.82) is 0 Å². The van der Waals surface area contributed by atoms with Crippen molar-refractivity contribution in [2.75, 3.05) is 6.61 Å². The van der Waals surface area contributed by atoms with Gasteiger partial charge in [-0.25, -0.2) is 0 Å². The second kappa shape index (κ2) is 9.76. The summed E-state index contributed by atoms with van der Waals surface area (Å²) in [5.41, 5.74) is 3.42. The predicted molar refractivity (Wildman–Crippen MR) is 103 cm³/mol. The van der Waals surface area contributed by atoms with Crippen LogP contribution in [-0.2, 0) is 22.7 Å². The third-order valence-electron chi connectivity index (χ3n) is 3.96. The number of ether oxygens (including phenoxy) is 3. The molecule has 0 atom stereocenters. The van der Waals surface area contributed by atoms with E-state index in [-0.39, 0.29) is 0 Å². The molecule has 0 fully saturated rings. The molecule has 0 unspecified atom stereocenters. The Morgan fingerprint density at radius 2 is 1.15 bits per heavy atom. The average molecular weight is 348 g/mol. The van der Waals surface area contributed by atoms with Crippen molar-refractivity contribution in [3.63, 3.8) is 0 Å². The van der Waals surface area contributed by atoms with Crippen molar-refractivity contribution >= 4 is 0 Å². The Hall–Kier alpha value is -2.62. The smallest absolute Gasteiger partial charge is 0.192 e. The van der Waals surface area contributed by atoms with E-state index in [9.17, 15) is 0 Å². The van der Waals surface area contributed by atoms with Crippen LogP contribution in [0.25, 0.3) is 0 Å². The third kappa shape index (κ3) is 6.03. The summed E-state index contributed by atoms with van der Waals surface area (Å²) in [4.78, 5) is 0. The molecule has 0 aromatic heterocycles. The average Bonchev–Trinajstić information content (AvgIpc) is 2.70. The van der Waals surface area contributed by atoms with Crippen molar-refractivity contribution in [2.45, 2.75) is 26.4 Å². The standard InChI is InChI=1S/C23H24O3/c1-19-12-14-22(15-13-19)24-18-23(25-16-20-8-4-2-5-9-20)26-17-21-10-6-3-7-11-21/h2-15,23H,16-18H2,1H3. The number of hydrogen-bond donors (Lipinski definition) is 0. The van der Waals surface area contributed by atoms with Gasteiger partial charge in [0, 0.05) is 0 Å². The molecule has 3 aromatic rings. The van der Waals surface area contributed by atoms with Crippen LogP contribution in [0.5, 0.6) is 5.75 Å². The zero-order chi connectivity index (χ0) is 18.0. The van der Waals surface area contributed by atoms with E-state index in [1.165, 1.54) is 5.56 Å². The Labute approximate surface area is 155 Å². The van der Waals surface area contributed by atoms with E-state index < -0.39 is 6.29 Å². The first kappa shape index (κ1) is 18.2. The van der Waals surface area contributed by atoms with Crippen molar-refractivity contribution in [1.82, 2.24) is 0 Å². The first-order chi connectivity index (χ1) is 12.8. The molecule has 0 bridgehead atoms. The van der Waals surface area contributed by atoms with Gasteiger partial charge in [0.25, 0.3) is 0 Å². The summed E-state index contributed by atoms with van der Waals surface area (Å²) in [7, 11) is 0. The topological polar surface area (TPSA) is 27.7 Å². The lowest BCUT2D eigenvalue weighted by Gasteiger charge is -2.19. The molecule has 3 aromatic carbocycles. The highest BCUT2D eigenvalue weighted by Gasteiger charge is 2.12. The molecule has 0 aliphatic heterocycles. The predicted octanol–water partition coefficient (Wildman–Crippen LogP) is 5.13. The van der Waals surface area contributed by atoms with Gasteiger partial charge in [-0.15, -0.1) is 0 Å². The summed E-state index contributed by atoms with van der Waals surface area (Å²) in [6.07, 6.45) is -0.447. The minimum absolute atomic E-state index is 0.336. The molecule has 0 heterocycles. The molecule has 26 heavy (non-hydrogen) atoms. The highest BCUT2D eigenvalue weighted by molar-refractivity contribution is 5.26. The minimum Gasteiger partial charge on any atom is -0.488 e. The summed E-state index contributed by atoms with van der Waals surface area (Å²) in [6, 6.07) is 28.1. The van der Waals surface area contributed by atoms with Crippen molar-refractivity contribution in [3.05, 3.63) is 102 Å². The number of rotatable bonds is 9. The Balaban J connectivity index is 1.57. The third-order valence-corrected chi connectivity index (χ3v) is 3.96. The number of benzene rings is 3. The van der Waals surface area contributed by atoms with Gasteiger partial charge in [-0.05, 0) is 30.2 Å². The lowest BCUT2D eigenvalue weighted by molar-refractivity contribution is -0.171.